The van der Waals surface area contributed by atoms with Crippen LogP contribution in [0.25, 0.3) is 0 Å². The predicted molar refractivity (Wildman–Crippen MR) is 78.5 cm³/mol. The van der Waals surface area contributed by atoms with E-state index in [1.54, 1.807) is 7.11 Å². The molecule has 0 aliphatic rings. The zero-order valence-electron chi connectivity index (χ0n) is 12.1. The number of benzene rings is 1. The number of ether oxygens (including phenoxy) is 1. The Balaban J connectivity index is 2.18. The highest BCUT2D eigenvalue weighted by atomic mass is 16.5. The van der Waals surface area contributed by atoms with Crippen LogP contribution in [0.4, 0.5) is 5.69 Å². The lowest BCUT2D eigenvalue weighted by Gasteiger charge is -2.09. The smallest absolute Gasteiger partial charge is 0.221 e. The molecule has 1 aromatic rings. The minimum Gasteiger partial charge on any atom is -0.385 e. The van der Waals surface area contributed by atoms with Crippen LogP contribution in [0.5, 0.6) is 0 Å². The van der Waals surface area contributed by atoms with E-state index < -0.39 is 0 Å². The van der Waals surface area contributed by atoms with Gasteiger partial charge in [-0.3, -0.25) is 4.79 Å². The third kappa shape index (κ3) is 6.25. The molecule has 0 bridgehead atoms. The first-order chi connectivity index (χ1) is 9.13. The van der Waals surface area contributed by atoms with Gasteiger partial charge in [-0.05, 0) is 43.5 Å². The molecular formula is C15H24N2O2. The highest BCUT2D eigenvalue weighted by Gasteiger charge is 2.01. The van der Waals surface area contributed by atoms with Crippen molar-refractivity contribution in [2.75, 3.05) is 32.1 Å². The second-order valence-corrected chi connectivity index (χ2v) is 4.67. The summed E-state index contributed by atoms with van der Waals surface area (Å²) in [5.41, 5.74) is 3.60. The van der Waals surface area contributed by atoms with Crippen molar-refractivity contribution in [2.45, 2.75) is 26.7 Å². The summed E-state index contributed by atoms with van der Waals surface area (Å²) in [5, 5.41) is 6.12. The van der Waals surface area contributed by atoms with Gasteiger partial charge in [0.05, 0.1) is 0 Å². The van der Waals surface area contributed by atoms with E-state index >= 15 is 0 Å². The van der Waals surface area contributed by atoms with Crippen molar-refractivity contribution in [1.29, 1.82) is 0 Å². The van der Waals surface area contributed by atoms with E-state index in [4.69, 9.17) is 4.74 Å². The van der Waals surface area contributed by atoms with Gasteiger partial charge in [0.2, 0.25) is 5.91 Å². The first kappa shape index (κ1) is 15.5. The Hall–Kier alpha value is -1.55. The van der Waals surface area contributed by atoms with Crippen molar-refractivity contribution < 1.29 is 9.53 Å². The Bertz CT molecular complexity index is 405. The van der Waals surface area contributed by atoms with Crippen LogP contribution < -0.4 is 10.6 Å². The molecular weight excluding hydrogens is 240 g/mol. The van der Waals surface area contributed by atoms with Crippen LogP contribution in [-0.4, -0.2) is 32.7 Å². The molecule has 2 N–H and O–H groups in total. The lowest BCUT2D eigenvalue weighted by molar-refractivity contribution is -0.120. The summed E-state index contributed by atoms with van der Waals surface area (Å²) in [6.45, 7) is 6.19. The van der Waals surface area contributed by atoms with Crippen LogP contribution >= 0.6 is 0 Å². The monoisotopic (exact) mass is 264 g/mol. The molecule has 0 aromatic heterocycles. The Morgan fingerprint density at radius 2 is 2.00 bits per heavy atom. The average Bonchev–Trinajstić information content (AvgIpc) is 2.39. The minimum absolute atomic E-state index is 0.0763. The molecule has 4 heteroatoms. The molecule has 0 fully saturated rings. The fourth-order valence-electron chi connectivity index (χ4n) is 1.70. The van der Waals surface area contributed by atoms with Crippen LogP contribution in [0.2, 0.25) is 0 Å². The summed E-state index contributed by atoms with van der Waals surface area (Å²) in [7, 11) is 1.66. The fraction of sp³-hybridized carbons (Fsp3) is 0.533. The van der Waals surface area contributed by atoms with Gasteiger partial charge in [-0.15, -0.1) is 0 Å². The maximum atomic E-state index is 11.5. The van der Waals surface area contributed by atoms with Gasteiger partial charge in [-0.2, -0.15) is 0 Å². The van der Waals surface area contributed by atoms with E-state index in [1.807, 2.05) is 6.07 Å². The van der Waals surface area contributed by atoms with Crippen molar-refractivity contribution in [1.82, 2.24) is 5.32 Å². The van der Waals surface area contributed by atoms with Crippen LogP contribution in [-0.2, 0) is 9.53 Å². The fourth-order valence-corrected chi connectivity index (χ4v) is 1.70. The van der Waals surface area contributed by atoms with Crippen molar-refractivity contribution in [2.24, 2.45) is 0 Å². The maximum Gasteiger partial charge on any atom is 0.221 e. The molecule has 0 radical (unpaired) electrons. The standard InChI is InChI=1S/C15H24N2O2/c1-12-5-6-14(11-13(12)2)16-9-7-15(18)17-8-4-10-19-3/h5-6,11,16H,4,7-10H2,1-3H3,(H,17,18). The Kier molecular flexibility index (Phi) is 6.97. The first-order valence-electron chi connectivity index (χ1n) is 6.70. The zero-order chi connectivity index (χ0) is 14.1. The molecule has 19 heavy (non-hydrogen) atoms. The second kappa shape index (κ2) is 8.53. The van der Waals surface area contributed by atoms with Gasteiger partial charge >= 0.3 is 0 Å². The third-order valence-electron chi connectivity index (χ3n) is 3.04. The zero-order valence-corrected chi connectivity index (χ0v) is 12.1. The van der Waals surface area contributed by atoms with Gasteiger partial charge < -0.3 is 15.4 Å². The largest absolute Gasteiger partial charge is 0.385 e. The van der Waals surface area contributed by atoms with E-state index in [-0.39, 0.29) is 5.91 Å². The number of anilines is 1. The maximum absolute atomic E-state index is 11.5. The number of aryl methyl sites for hydroxylation is 2. The Morgan fingerprint density at radius 1 is 1.21 bits per heavy atom. The summed E-state index contributed by atoms with van der Waals surface area (Å²) in [5.74, 6) is 0.0763. The number of rotatable bonds is 8. The average molecular weight is 264 g/mol. The molecule has 106 valence electrons. The summed E-state index contributed by atoms with van der Waals surface area (Å²) >= 11 is 0. The lowest BCUT2D eigenvalue weighted by Crippen LogP contribution is -2.26. The molecule has 0 heterocycles. The Morgan fingerprint density at radius 3 is 2.68 bits per heavy atom. The molecule has 1 aromatic carbocycles. The third-order valence-corrected chi connectivity index (χ3v) is 3.04. The van der Waals surface area contributed by atoms with Gasteiger partial charge in [-0.25, -0.2) is 0 Å². The molecule has 1 rings (SSSR count). The highest BCUT2D eigenvalue weighted by Crippen LogP contribution is 2.13. The molecule has 0 unspecified atom stereocenters. The summed E-state index contributed by atoms with van der Waals surface area (Å²) in [6.07, 6.45) is 1.34. The topological polar surface area (TPSA) is 50.4 Å². The predicted octanol–water partition coefficient (Wildman–Crippen LogP) is 2.26. The van der Waals surface area contributed by atoms with Crippen molar-refractivity contribution in [3.8, 4) is 0 Å². The van der Waals surface area contributed by atoms with Crippen LogP contribution in [0.15, 0.2) is 18.2 Å². The molecule has 0 aliphatic carbocycles. The van der Waals surface area contributed by atoms with E-state index in [0.717, 1.165) is 12.1 Å². The number of nitrogens with one attached hydrogen (secondary N) is 2. The van der Waals surface area contributed by atoms with Gasteiger partial charge in [0.1, 0.15) is 0 Å². The van der Waals surface area contributed by atoms with Crippen molar-refractivity contribution in [3.05, 3.63) is 29.3 Å². The summed E-state index contributed by atoms with van der Waals surface area (Å²) < 4.78 is 4.92. The lowest BCUT2D eigenvalue weighted by atomic mass is 10.1. The van der Waals surface area contributed by atoms with Crippen LogP contribution in [0.3, 0.4) is 0 Å². The number of hydrogen-bond donors (Lipinski definition) is 2. The van der Waals surface area contributed by atoms with Gasteiger partial charge in [0, 0.05) is 38.9 Å². The van der Waals surface area contributed by atoms with Crippen LogP contribution in [0.1, 0.15) is 24.0 Å². The number of amides is 1. The normalized spacial score (nSPS) is 10.3. The van der Waals surface area contributed by atoms with Gasteiger partial charge in [0.25, 0.3) is 0 Å². The number of hydrogen-bond acceptors (Lipinski definition) is 3. The molecule has 4 nitrogen and oxygen atoms in total. The van der Waals surface area contributed by atoms with E-state index in [9.17, 15) is 4.79 Å². The number of carbonyl (C=O) groups is 1. The van der Waals surface area contributed by atoms with E-state index in [1.165, 1.54) is 11.1 Å². The molecule has 0 saturated carbocycles. The quantitative estimate of drug-likeness (QED) is 0.708. The highest BCUT2D eigenvalue weighted by molar-refractivity contribution is 5.76. The van der Waals surface area contributed by atoms with E-state index in [2.05, 4.69) is 36.6 Å². The second-order valence-electron chi connectivity index (χ2n) is 4.67. The minimum atomic E-state index is 0.0763. The summed E-state index contributed by atoms with van der Waals surface area (Å²) in [4.78, 5) is 11.5. The Labute approximate surface area is 115 Å². The van der Waals surface area contributed by atoms with E-state index in [0.29, 0.717) is 26.1 Å². The molecule has 1 amide bonds. The number of carbonyl (C=O) groups excluding carboxylic acids is 1. The van der Waals surface area contributed by atoms with Crippen molar-refractivity contribution in [3.63, 3.8) is 0 Å². The first-order valence-corrected chi connectivity index (χ1v) is 6.70. The van der Waals surface area contributed by atoms with Gasteiger partial charge in [-0.1, -0.05) is 6.07 Å². The summed E-state index contributed by atoms with van der Waals surface area (Å²) in [6, 6.07) is 6.23. The SMILES string of the molecule is COCCCNC(=O)CCNc1ccc(C)c(C)c1. The number of methoxy groups -OCH3 is 1. The molecule has 0 saturated heterocycles. The van der Waals surface area contributed by atoms with Crippen LogP contribution in [0, 0.1) is 13.8 Å². The molecule has 0 atom stereocenters. The van der Waals surface area contributed by atoms with Crippen molar-refractivity contribution >= 4 is 11.6 Å². The van der Waals surface area contributed by atoms with Gasteiger partial charge in [0.15, 0.2) is 0 Å². The molecule has 0 spiro atoms. The molecule has 0 aliphatic heterocycles.